The Kier molecular flexibility index (Phi) is 5.25. The summed E-state index contributed by atoms with van der Waals surface area (Å²) in [5.41, 5.74) is 0. The van der Waals surface area contributed by atoms with Gasteiger partial charge in [-0.1, -0.05) is 19.6 Å². The summed E-state index contributed by atoms with van der Waals surface area (Å²) in [4.78, 5) is 4.78. The largest absolute Gasteiger partial charge is 0.366 e. The van der Waals surface area contributed by atoms with Crippen molar-refractivity contribution in [2.75, 3.05) is 46.6 Å². The lowest BCUT2D eigenvalue weighted by Gasteiger charge is -2.32. The summed E-state index contributed by atoms with van der Waals surface area (Å²) in [7, 11) is 1.28. The van der Waals surface area contributed by atoms with Crippen LogP contribution in [0.15, 0.2) is 0 Å². The molecule has 0 radical (unpaired) electrons. The fourth-order valence-electron chi connectivity index (χ4n) is 1.55. The Balaban J connectivity index is 2.01. The van der Waals surface area contributed by atoms with Crippen LogP contribution in [0.25, 0.3) is 0 Å². The molecule has 15 heavy (non-hydrogen) atoms. The first-order valence-corrected chi connectivity index (χ1v) is 9.67. The van der Waals surface area contributed by atoms with Gasteiger partial charge < -0.3 is 9.64 Å². The quantitative estimate of drug-likeness (QED) is 0.526. The predicted molar refractivity (Wildman–Crippen MR) is 68.0 cm³/mol. The van der Waals surface area contributed by atoms with Gasteiger partial charge in [0.2, 0.25) is 0 Å². The Morgan fingerprint density at radius 3 is 2.20 bits per heavy atom. The molecule has 0 amide bonds. The van der Waals surface area contributed by atoms with Gasteiger partial charge in [0.25, 0.3) is 0 Å². The highest BCUT2D eigenvalue weighted by atomic mass is 28.3. The Bertz CT molecular complexity index is 174. The van der Waals surface area contributed by atoms with Crippen molar-refractivity contribution in [2.24, 2.45) is 0 Å². The van der Waals surface area contributed by atoms with E-state index in [1.807, 2.05) is 0 Å². The van der Waals surface area contributed by atoms with Crippen molar-refractivity contribution in [3.63, 3.8) is 0 Å². The highest BCUT2D eigenvalue weighted by molar-refractivity contribution is 6.76. The van der Waals surface area contributed by atoms with Crippen molar-refractivity contribution in [2.45, 2.75) is 25.7 Å². The van der Waals surface area contributed by atoms with Crippen LogP contribution in [0.4, 0.5) is 0 Å². The molecule has 1 saturated heterocycles. The molecule has 0 saturated carbocycles. The minimum atomic E-state index is -0.907. The number of ether oxygens (including phenoxy) is 1. The molecule has 0 unspecified atom stereocenters. The molecule has 0 aromatic carbocycles. The molecule has 0 aromatic heterocycles. The van der Waals surface area contributed by atoms with Gasteiger partial charge >= 0.3 is 0 Å². The molecule has 4 heteroatoms. The molecule has 1 fully saturated rings. The van der Waals surface area contributed by atoms with Gasteiger partial charge in [-0.15, -0.1) is 0 Å². The van der Waals surface area contributed by atoms with Gasteiger partial charge in [-0.3, -0.25) is 4.90 Å². The summed E-state index contributed by atoms with van der Waals surface area (Å²) in [6.07, 6.45) is 0. The van der Waals surface area contributed by atoms with Crippen molar-refractivity contribution < 1.29 is 4.74 Å². The lowest BCUT2D eigenvalue weighted by molar-refractivity contribution is 0.0115. The third kappa shape index (κ3) is 6.30. The molecular formula is C11H26N2OSi. The van der Waals surface area contributed by atoms with E-state index in [1.54, 1.807) is 0 Å². The third-order valence-corrected chi connectivity index (χ3v) is 4.57. The minimum absolute atomic E-state index is 0.832. The number of hydrogen-bond acceptors (Lipinski definition) is 3. The smallest absolute Gasteiger partial charge is 0.0990 e. The second-order valence-corrected chi connectivity index (χ2v) is 11.4. The first kappa shape index (κ1) is 13.2. The average Bonchev–Trinajstić information content (AvgIpc) is 2.14. The molecule has 1 aliphatic heterocycles. The molecule has 0 spiro atoms. The van der Waals surface area contributed by atoms with Crippen LogP contribution in [0.3, 0.4) is 0 Å². The zero-order chi connectivity index (χ0) is 11.3. The maximum absolute atomic E-state index is 5.73. The van der Waals surface area contributed by atoms with Crippen molar-refractivity contribution in [1.82, 2.24) is 9.80 Å². The van der Waals surface area contributed by atoms with Crippen LogP contribution in [0.5, 0.6) is 0 Å². The van der Waals surface area contributed by atoms with Crippen molar-refractivity contribution in [3.05, 3.63) is 0 Å². The summed E-state index contributed by atoms with van der Waals surface area (Å²) < 4.78 is 5.73. The van der Waals surface area contributed by atoms with Crippen LogP contribution in [0, 0.1) is 0 Å². The fraction of sp³-hybridized carbons (Fsp3) is 1.00. The van der Waals surface area contributed by atoms with Gasteiger partial charge in [-0.2, -0.15) is 0 Å². The molecule has 90 valence electrons. The number of hydrogen-bond donors (Lipinski definition) is 0. The first-order valence-electron chi connectivity index (χ1n) is 5.96. The van der Waals surface area contributed by atoms with Gasteiger partial charge in [-0.05, 0) is 13.1 Å². The van der Waals surface area contributed by atoms with Crippen LogP contribution < -0.4 is 0 Å². The summed E-state index contributed by atoms with van der Waals surface area (Å²) in [5, 5.41) is 0. The second kappa shape index (κ2) is 5.99. The summed E-state index contributed by atoms with van der Waals surface area (Å²) in [5.74, 6) is 0. The van der Waals surface area contributed by atoms with Crippen LogP contribution >= 0.6 is 0 Å². The molecule has 1 heterocycles. The Morgan fingerprint density at radius 1 is 1.07 bits per heavy atom. The van der Waals surface area contributed by atoms with E-state index < -0.39 is 8.07 Å². The number of piperazine rings is 1. The molecular weight excluding hydrogens is 204 g/mol. The summed E-state index contributed by atoms with van der Waals surface area (Å²) in [6, 6.07) is 1.28. The van der Waals surface area contributed by atoms with Crippen molar-refractivity contribution in [3.8, 4) is 0 Å². The number of likely N-dealkylation sites (N-methyl/N-ethyl adjacent to an activating group) is 1. The second-order valence-electron chi connectivity index (χ2n) is 5.77. The van der Waals surface area contributed by atoms with Gasteiger partial charge in [0.05, 0.1) is 6.73 Å². The number of nitrogens with zero attached hydrogens (tertiary/aromatic N) is 2. The van der Waals surface area contributed by atoms with E-state index in [0.717, 1.165) is 26.4 Å². The molecule has 1 rings (SSSR count). The first-order chi connectivity index (χ1) is 6.97. The average molecular weight is 230 g/mol. The van der Waals surface area contributed by atoms with Crippen molar-refractivity contribution >= 4 is 8.07 Å². The highest BCUT2D eigenvalue weighted by Crippen LogP contribution is 2.08. The van der Waals surface area contributed by atoms with Crippen LogP contribution in [0.1, 0.15) is 0 Å². The van der Waals surface area contributed by atoms with E-state index in [1.165, 1.54) is 19.1 Å². The van der Waals surface area contributed by atoms with Gasteiger partial charge in [-0.25, -0.2) is 0 Å². The van der Waals surface area contributed by atoms with Crippen LogP contribution in [-0.4, -0.2) is 64.4 Å². The van der Waals surface area contributed by atoms with E-state index in [0.29, 0.717) is 0 Å². The Hall–Kier alpha value is 0.0969. The lowest BCUT2D eigenvalue weighted by atomic mass is 10.3. The third-order valence-electron chi connectivity index (χ3n) is 2.87. The summed E-state index contributed by atoms with van der Waals surface area (Å²) in [6.45, 7) is 13.6. The zero-order valence-electron chi connectivity index (χ0n) is 10.8. The standard InChI is InChI=1S/C11H26N2OSi/c1-12-5-7-13(8-6-12)11-14-9-10-15(2,3)4/h5-11H2,1-4H3. The van der Waals surface area contributed by atoms with E-state index in [2.05, 4.69) is 36.5 Å². The Morgan fingerprint density at radius 2 is 1.67 bits per heavy atom. The van der Waals surface area contributed by atoms with Crippen LogP contribution in [0.2, 0.25) is 25.7 Å². The van der Waals surface area contributed by atoms with E-state index in [-0.39, 0.29) is 0 Å². The molecule has 1 aliphatic rings. The maximum atomic E-state index is 5.73. The van der Waals surface area contributed by atoms with Crippen molar-refractivity contribution in [1.29, 1.82) is 0 Å². The van der Waals surface area contributed by atoms with E-state index in [4.69, 9.17) is 4.74 Å². The van der Waals surface area contributed by atoms with Gasteiger partial charge in [0.1, 0.15) is 0 Å². The highest BCUT2D eigenvalue weighted by Gasteiger charge is 2.15. The maximum Gasteiger partial charge on any atom is 0.0990 e. The lowest BCUT2D eigenvalue weighted by Crippen LogP contribution is -2.45. The molecule has 0 bridgehead atoms. The topological polar surface area (TPSA) is 15.7 Å². The zero-order valence-corrected chi connectivity index (χ0v) is 11.8. The van der Waals surface area contributed by atoms with E-state index >= 15 is 0 Å². The predicted octanol–water partition coefficient (Wildman–Crippen LogP) is 1.55. The van der Waals surface area contributed by atoms with Gasteiger partial charge in [0.15, 0.2) is 0 Å². The molecule has 0 N–H and O–H groups in total. The molecule has 0 atom stereocenters. The molecule has 3 nitrogen and oxygen atoms in total. The number of rotatable bonds is 5. The van der Waals surface area contributed by atoms with Gasteiger partial charge in [0, 0.05) is 40.9 Å². The monoisotopic (exact) mass is 230 g/mol. The van der Waals surface area contributed by atoms with Crippen LogP contribution in [-0.2, 0) is 4.74 Å². The Labute approximate surface area is 95.4 Å². The molecule has 0 aromatic rings. The summed E-state index contributed by atoms with van der Waals surface area (Å²) >= 11 is 0. The minimum Gasteiger partial charge on any atom is -0.366 e. The SMILES string of the molecule is CN1CCN(COCC[Si](C)(C)C)CC1. The molecule has 0 aliphatic carbocycles. The fourth-order valence-corrected chi connectivity index (χ4v) is 2.31. The van der Waals surface area contributed by atoms with E-state index in [9.17, 15) is 0 Å². The normalized spacial score (nSPS) is 20.8.